The Hall–Kier alpha value is -2.77. The van der Waals surface area contributed by atoms with E-state index in [2.05, 4.69) is 25.8 Å². The molecule has 2 aromatic rings. The Kier molecular flexibility index (Phi) is 6.41. The van der Waals surface area contributed by atoms with Crippen LogP contribution in [0.5, 0.6) is 11.5 Å². The van der Waals surface area contributed by atoms with Crippen molar-refractivity contribution >= 4 is 5.96 Å². The third-order valence-electron chi connectivity index (χ3n) is 3.14. The first-order valence-corrected chi connectivity index (χ1v) is 7.65. The van der Waals surface area contributed by atoms with Gasteiger partial charge in [-0.15, -0.1) is 0 Å². The summed E-state index contributed by atoms with van der Waals surface area (Å²) in [6.07, 6.45) is -0.0543. The van der Waals surface area contributed by atoms with Gasteiger partial charge in [-0.25, -0.2) is 0 Å². The number of aromatic nitrogens is 2. The van der Waals surface area contributed by atoms with Crippen LogP contribution in [0.1, 0.15) is 18.6 Å². The summed E-state index contributed by atoms with van der Waals surface area (Å²) in [5, 5.41) is 10.0. The van der Waals surface area contributed by atoms with E-state index >= 15 is 0 Å². The standard InChI is InChI=1S/C16H23N5O3/c1-11(23-14-7-5-6-13(8-14)22-4)9-18-16(17-3)19-10-15-20-12(2)21-24-15/h5-8,11H,9-10H2,1-4H3,(H2,17,18,19). The first-order valence-electron chi connectivity index (χ1n) is 7.65. The second-order valence-electron chi connectivity index (χ2n) is 5.15. The molecule has 0 bridgehead atoms. The molecular formula is C16H23N5O3. The smallest absolute Gasteiger partial charge is 0.246 e. The van der Waals surface area contributed by atoms with E-state index in [0.29, 0.717) is 30.8 Å². The van der Waals surface area contributed by atoms with Crippen LogP contribution in [0.2, 0.25) is 0 Å². The van der Waals surface area contributed by atoms with E-state index in [-0.39, 0.29) is 6.10 Å². The maximum absolute atomic E-state index is 5.85. The summed E-state index contributed by atoms with van der Waals surface area (Å²) < 4.78 is 16.1. The first-order chi connectivity index (χ1) is 11.6. The summed E-state index contributed by atoms with van der Waals surface area (Å²) in [6.45, 7) is 4.74. The van der Waals surface area contributed by atoms with Gasteiger partial charge in [0.05, 0.1) is 20.2 Å². The van der Waals surface area contributed by atoms with Gasteiger partial charge in [0.1, 0.15) is 17.6 Å². The number of hydrogen-bond acceptors (Lipinski definition) is 6. The van der Waals surface area contributed by atoms with Gasteiger partial charge in [0.25, 0.3) is 0 Å². The molecule has 0 aliphatic rings. The van der Waals surface area contributed by atoms with E-state index in [4.69, 9.17) is 14.0 Å². The lowest BCUT2D eigenvalue weighted by Crippen LogP contribution is -2.41. The molecule has 0 fully saturated rings. The lowest BCUT2D eigenvalue weighted by Gasteiger charge is -2.17. The normalized spacial score (nSPS) is 12.6. The van der Waals surface area contributed by atoms with Crippen molar-refractivity contribution in [1.29, 1.82) is 0 Å². The molecule has 0 saturated carbocycles. The van der Waals surface area contributed by atoms with Gasteiger partial charge in [0, 0.05) is 13.1 Å². The molecule has 0 amide bonds. The number of aryl methyl sites for hydroxylation is 1. The molecule has 0 spiro atoms. The molecule has 0 aliphatic heterocycles. The Morgan fingerprint density at radius 2 is 2.12 bits per heavy atom. The van der Waals surface area contributed by atoms with Gasteiger partial charge in [-0.05, 0) is 26.0 Å². The van der Waals surface area contributed by atoms with Crippen LogP contribution in [-0.4, -0.2) is 42.9 Å². The molecule has 2 rings (SSSR count). The lowest BCUT2D eigenvalue weighted by atomic mass is 10.3. The Balaban J connectivity index is 1.77. The molecule has 2 N–H and O–H groups in total. The molecule has 1 aromatic carbocycles. The van der Waals surface area contributed by atoms with Crippen molar-refractivity contribution in [2.75, 3.05) is 20.7 Å². The molecule has 8 heteroatoms. The third-order valence-corrected chi connectivity index (χ3v) is 3.14. The minimum atomic E-state index is -0.0543. The zero-order chi connectivity index (χ0) is 17.4. The number of benzene rings is 1. The fraction of sp³-hybridized carbons (Fsp3) is 0.438. The molecule has 0 aliphatic carbocycles. The van der Waals surface area contributed by atoms with Gasteiger partial charge in [0.2, 0.25) is 5.89 Å². The van der Waals surface area contributed by atoms with Gasteiger partial charge in [-0.3, -0.25) is 4.99 Å². The summed E-state index contributed by atoms with van der Waals surface area (Å²) in [5.41, 5.74) is 0. The van der Waals surface area contributed by atoms with Crippen molar-refractivity contribution in [3.8, 4) is 11.5 Å². The molecular weight excluding hydrogens is 310 g/mol. The van der Waals surface area contributed by atoms with Crippen LogP contribution in [-0.2, 0) is 6.54 Å². The Bertz CT molecular complexity index is 671. The Labute approximate surface area is 141 Å². The summed E-state index contributed by atoms with van der Waals surface area (Å²) in [6, 6.07) is 7.51. The quantitative estimate of drug-likeness (QED) is 0.586. The molecule has 0 radical (unpaired) electrons. The van der Waals surface area contributed by atoms with Crippen molar-refractivity contribution in [3.63, 3.8) is 0 Å². The van der Waals surface area contributed by atoms with E-state index in [1.165, 1.54) is 0 Å². The largest absolute Gasteiger partial charge is 0.497 e. The highest BCUT2D eigenvalue weighted by molar-refractivity contribution is 5.79. The van der Waals surface area contributed by atoms with Gasteiger partial charge in [-0.1, -0.05) is 11.2 Å². The van der Waals surface area contributed by atoms with E-state index < -0.39 is 0 Å². The summed E-state index contributed by atoms with van der Waals surface area (Å²) >= 11 is 0. The van der Waals surface area contributed by atoms with Crippen molar-refractivity contribution in [1.82, 2.24) is 20.8 Å². The third kappa shape index (κ3) is 5.45. The minimum absolute atomic E-state index is 0.0543. The molecule has 1 atom stereocenters. The van der Waals surface area contributed by atoms with Crippen LogP contribution in [0.25, 0.3) is 0 Å². The number of nitrogens with one attached hydrogen (secondary N) is 2. The highest BCUT2D eigenvalue weighted by Crippen LogP contribution is 2.19. The van der Waals surface area contributed by atoms with Crippen LogP contribution >= 0.6 is 0 Å². The number of aliphatic imine (C=N–C) groups is 1. The predicted octanol–water partition coefficient (Wildman–Crippen LogP) is 1.52. The fourth-order valence-electron chi connectivity index (χ4n) is 1.98. The maximum atomic E-state index is 5.85. The molecule has 130 valence electrons. The number of rotatable bonds is 7. The minimum Gasteiger partial charge on any atom is -0.497 e. The van der Waals surface area contributed by atoms with Crippen LogP contribution in [0.4, 0.5) is 0 Å². The average Bonchev–Trinajstić information content (AvgIpc) is 3.00. The fourth-order valence-corrected chi connectivity index (χ4v) is 1.98. The summed E-state index contributed by atoms with van der Waals surface area (Å²) in [5.74, 6) is 3.27. The van der Waals surface area contributed by atoms with Gasteiger partial charge in [-0.2, -0.15) is 4.98 Å². The van der Waals surface area contributed by atoms with Gasteiger partial charge in [0.15, 0.2) is 11.8 Å². The van der Waals surface area contributed by atoms with Gasteiger partial charge < -0.3 is 24.6 Å². The molecule has 0 saturated heterocycles. The van der Waals surface area contributed by atoms with Crippen LogP contribution in [0, 0.1) is 6.92 Å². The number of methoxy groups -OCH3 is 1. The highest BCUT2D eigenvalue weighted by atomic mass is 16.5. The summed E-state index contributed by atoms with van der Waals surface area (Å²) in [4.78, 5) is 8.27. The summed E-state index contributed by atoms with van der Waals surface area (Å²) in [7, 11) is 3.33. The monoisotopic (exact) mass is 333 g/mol. The SMILES string of the molecule is CN=C(NCc1nc(C)no1)NCC(C)Oc1cccc(OC)c1. The molecule has 1 aromatic heterocycles. The number of nitrogens with zero attached hydrogens (tertiary/aromatic N) is 3. The lowest BCUT2D eigenvalue weighted by molar-refractivity contribution is 0.223. The topological polar surface area (TPSA) is 93.8 Å². The van der Waals surface area contributed by atoms with Crippen molar-refractivity contribution < 1.29 is 14.0 Å². The predicted molar refractivity (Wildman–Crippen MR) is 90.3 cm³/mol. The van der Waals surface area contributed by atoms with E-state index in [1.54, 1.807) is 21.1 Å². The number of guanidine groups is 1. The average molecular weight is 333 g/mol. The molecule has 8 nitrogen and oxygen atoms in total. The van der Waals surface area contributed by atoms with E-state index in [9.17, 15) is 0 Å². The van der Waals surface area contributed by atoms with E-state index in [0.717, 1.165) is 11.5 Å². The van der Waals surface area contributed by atoms with Crippen LogP contribution < -0.4 is 20.1 Å². The number of hydrogen-bond donors (Lipinski definition) is 2. The second-order valence-corrected chi connectivity index (χ2v) is 5.15. The molecule has 1 unspecified atom stereocenters. The molecule has 1 heterocycles. The number of ether oxygens (including phenoxy) is 2. The maximum Gasteiger partial charge on any atom is 0.246 e. The first kappa shape index (κ1) is 17.6. The van der Waals surface area contributed by atoms with Crippen LogP contribution in [0.3, 0.4) is 0 Å². The van der Waals surface area contributed by atoms with Crippen LogP contribution in [0.15, 0.2) is 33.8 Å². The zero-order valence-corrected chi connectivity index (χ0v) is 14.4. The highest BCUT2D eigenvalue weighted by Gasteiger charge is 2.08. The van der Waals surface area contributed by atoms with Crippen molar-refractivity contribution in [2.24, 2.45) is 4.99 Å². The van der Waals surface area contributed by atoms with Crippen molar-refractivity contribution in [2.45, 2.75) is 26.5 Å². The Morgan fingerprint density at radius 3 is 2.79 bits per heavy atom. The van der Waals surface area contributed by atoms with E-state index in [1.807, 2.05) is 31.2 Å². The molecule has 24 heavy (non-hydrogen) atoms. The zero-order valence-electron chi connectivity index (χ0n) is 14.4. The van der Waals surface area contributed by atoms with Crippen molar-refractivity contribution in [3.05, 3.63) is 36.0 Å². The Morgan fingerprint density at radius 1 is 1.33 bits per heavy atom. The van der Waals surface area contributed by atoms with Gasteiger partial charge >= 0.3 is 0 Å². The second kappa shape index (κ2) is 8.76.